The molecule has 28 heavy (non-hydrogen) atoms. The lowest BCUT2D eigenvalue weighted by Crippen LogP contribution is -2.25. The van der Waals surface area contributed by atoms with E-state index in [2.05, 4.69) is 10.4 Å². The minimum Gasteiger partial charge on any atom is -0.497 e. The van der Waals surface area contributed by atoms with Crippen LogP contribution < -0.4 is 10.1 Å². The number of carbonyl (C=O) groups excluding carboxylic acids is 1. The van der Waals surface area contributed by atoms with Crippen LogP contribution in [-0.4, -0.2) is 22.8 Å². The maximum absolute atomic E-state index is 12.5. The quantitative estimate of drug-likeness (QED) is 0.634. The lowest BCUT2D eigenvalue weighted by atomic mass is 10.1. The summed E-state index contributed by atoms with van der Waals surface area (Å²) in [7, 11) is 1.62. The number of rotatable bonds is 6. The molecule has 2 aromatic carbocycles. The number of benzene rings is 2. The van der Waals surface area contributed by atoms with Gasteiger partial charge >= 0.3 is 0 Å². The van der Waals surface area contributed by atoms with Crippen molar-refractivity contribution in [2.75, 3.05) is 7.11 Å². The van der Waals surface area contributed by atoms with Crippen molar-refractivity contribution in [3.8, 4) is 11.4 Å². The molecule has 0 aliphatic rings. The molecule has 0 saturated carbocycles. The number of ether oxygens (including phenoxy) is 1. The molecule has 0 unspecified atom stereocenters. The first-order chi connectivity index (χ1) is 13.4. The third-order valence-electron chi connectivity index (χ3n) is 4.54. The fourth-order valence-corrected chi connectivity index (χ4v) is 3.51. The van der Waals surface area contributed by atoms with Crippen molar-refractivity contribution in [2.24, 2.45) is 0 Å². The van der Waals surface area contributed by atoms with Crippen LogP contribution in [0.5, 0.6) is 5.75 Å². The number of nitrogens with one attached hydrogen (secondary N) is 1. The molecule has 1 aromatic heterocycles. The summed E-state index contributed by atoms with van der Waals surface area (Å²) in [5.74, 6) is 0.690. The molecule has 1 heterocycles. The highest BCUT2D eigenvalue weighted by Crippen LogP contribution is 2.27. The second kappa shape index (κ2) is 8.67. The molecule has 1 amide bonds. The lowest BCUT2D eigenvalue weighted by molar-refractivity contribution is -0.120. The highest BCUT2D eigenvalue weighted by Gasteiger charge is 2.17. The predicted molar refractivity (Wildman–Crippen MR) is 112 cm³/mol. The highest BCUT2D eigenvalue weighted by molar-refractivity contribution is 6.35. The molecule has 5 nitrogen and oxygen atoms in total. The number of nitrogens with zero attached hydrogens (tertiary/aromatic N) is 2. The van der Waals surface area contributed by atoms with Crippen LogP contribution >= 0.6 is 23.2 Å². The average molecular weight is 418 g/mol. The fraction of sp³-hybridized carbons (Fsp3) is 0.238. The number of hydrogen-bond donors (Lipinski definition) is 1. The van der Waals surface area contributed by atoms with E-state index in [-0.39, 0.29) is 12.3 Å². The van der Waals surface area contributed by atoms with E-state index in [1.807, 2.05) is 44.2 Å². The molecular formula is C21H21Cl2N3O2. The van der Waals surface area contributed by atoms with E-state index in [4.69, 9.17) is 27.9 Å². The van der Waals surface area contributed by atoms with E-state index in [0.717, 1.165) is 34.0 Å². The first kappa shape index (κ1) is 20.2. The van der Waals surface area contributed by atoms with Gasteiger partial charge in [0.25, 0.3) is 0 Å². The van der Waals surface area contributed by atoms with Crippen LogP contribution in [0.1, 0.15) is 22.5 Å². The van der Waals surface area contributed by atoms with Gasteiger partial charge in [-0.1, -0.05) is 35.3 Å². The zero-order valence-electron chi connectivity index (χ0n) is 15.9. The van der Waals surface area contributed by atoms with Crippen molar-refractivity contribution in [1.29, 1.82) is 0 Å². The van der Waals surface area contributed by atoms with Crippen molar-refractivity contribution in [3.63, 3.8) is 0 Å². The van der Waals surface area contributed by atoms with Crippen LogP contribution in [0.2, 0.25) is 10.0 Å². The molecular weight excluding hydrogens is 397 g/mol. The number of methoxy groups -OCH3 is 1. The molecule has 0 radical (unpaired) electrons. The van der Waals surface area contributed by atoms with Gasteiger partial charge in [0.15, 0.2) is 0 Å². The van der Waals surface area contributed by atoms with Crippen molar-refractivity contribution in [2.45, 2.75) is 26.8 Å². The summed E-state index contributed by atoms with van der Waals surface area (Å²) in [5, 5.41) is 8.57. The van der Waals surface area contributed by atoms with Crippen LogP contribution in [0.25, 0.3) is 5.69 Å². The van der Waals surface area contributed by atoms with Crippen LogP contribution in [0.3, 0.4) is 0 Å². The van der Waals surface area contributed by atoms with Gasteiger partial charge in [-0.05, 0) is 49.7 Å². The number of carbonyl (C=O) groups is 1. The Labute approximate surface area is 174 Å². The van der Waals surface area contributed by atoms with E-state index in [1.165, 1.54) is 0 Å². The molecule has 0 saturated heterocycles. The minimum atomic E-state index is -0.0734. The maximum Gasteiger partial charge on any atom is 0.224 e. The summed E-state index contributed by atoms with van der Waals surface area (Å²) in [6, 6.07) is 12.9. The van der Waals surface area contributed by atoms with Crippen LogP contribution in [0.4, 0.5) is 0 Å². The Kier molecular flexibility index (Phi) is 6.27. The number of aromatic nitrogens is 2. The molecule has 0 aliphatic carbocycles. The Hall–Kier alpha value is -2.50. The molecule has 146 valence electrons. The fourth-order valence-electron chi connectivity index (χ4n) is 3.02. The summed E-state index contributed by atoms with van der Waals surface area (Å²) in [6.45, 7) is 4.25. The smallest absolute Gasteiger partial charge is 0.224 e. The molecule has 1 N–H and O–H groups in total. The molecule has 0 aliphatic heterocycles. The zero-order chi connectivity index (χ0) is 20.3. The topological polar surface area (TPSA) is 56.1 Å². The largest absolute Gasteiger partial charge is 0.497 e. The van der Waals surface area contributed by atoms with Crippen molar-refractivity contribution >= 4 is 29.1 Å². The number of hydrogen-bond acceptors (Lipinski definition) is 3. The number of halogens is 2. The monoisotopic (exact) mass is 417 g/mol. The summed E-state index contributed by atoms with van der Waals surface area (Å²) < 4.78 is 6.96. The third kappa shape index (κ3) is 4.49. The SMILES string of the molecule is COc1cccc(CNC(=O)Cc2c(C)nn(-c3ccc(Cl)cc3Cl)c2C)c1. The van der Waals surface area contributed by atoms with Gasteiger partial charge in [-0.3, -0.25) is 4.79 Å². The molecule has 0 bridgehead atoms. The number of amides is 1. The summed E-state index contributed by atoms with van der Waals surface area (Å²) in [4.78, 5) is 12.5. The van der Waals surface area contributed by atoms with E-state index in [0.29, 0.717) is 16.6 Å². The van der Waals surface area contributed by atoms with Gasteiger partial charge in [-0.2, -0.15) is 5.10 Å². The van der Waals surface area contributed by atoms with Crippen molar-refractivity contribution in [1.82, 2.24) is 15.1 Å². The van der Waals surface area contributed by atoms with Crippen molar-refractivity contribution < 1.29 is 9.53 Å². The van der Waals surface area contributed by atoms with Gasteiger partial charge in [0.2, 0.25) is 5.91 Å². The van der Waals surface area contributed by atoms with Crippen LogP contribution in [-0.2, 0) is 17.8 Å². The molecule has 0 atom stereocenters. The highest BCUT2D eigenvalue weighted by atomic mass is 35.5. The molecule has 3 aromatic rings. The Balaban J connectivity index is 1.73. The molecule has 0 fully saturated rings. The third-order valence-corrected chi connectivity index (χ3v) is 5.08. The van der Waals surface area contributed by atoms with E-state index in [1.54, 1.807) is 23.9 Å². The summed E-state index contributed by atoms with van der Waals surface area (Å²) in [6.07, 6.45) is 0.243. The lowest BCUT2D eigenvalue weighted by Gasteiger charge is -2.09. The standard InChI is InChI=1S/C21H21Cl2N3O2/c1-13-18(11-21(27)24-12-15-5-4-6-17(9-15)28-3)14(2)26(25-13)20-8-7-16(22)10-19(20)23/h4-10H,11-12H2,1-3H3,(H,24,27). The second-order valence-electron chi connectivity index (χ2n) is 6.46. The Bertz CT molecular complexity index is 1010. The van der Waals surface area contributed by atoms with Crippen LogP contribution in [0.15, 0.2) is 42.5 Å². The van der Waals surface area contributed by atoms with Gasteiger partial charge in [0.1, 0.15) is 5.75 Å². The van der Waals surface area contributed by atoms with Gasteiger partial charge in [0.05, 0.1) is 29.9 Å². The van der Waals surface area contributed by atoms with Gasteiger partial charge < -0.3 is 10.1 Å². The second-order valence-corrected chi connectivity index (χ2v) is 7.31. The maximum atomic E-state index is 12.5. The first-order valence-corrected chi connectivity index (χ1v) is 9.54. The van der Waals surface area contributed by atoms with E-state index < -0.39 is 0 Å². The Morgan fingerprint density at radius 1 is 1.18 bits per heavy atom. The molecule has 0 spiro atoms. The summed E-state index contributed by atoms with van der Waals surface area (Å²) in [5.41, 5.74) is 4.26. The Morgan fingerprint density at radius 3 is 2.68 bits per heavy atom. The molecule has 7 heteroatoms. The Morgan fingerprint density at radius 2 is 1.96 bits per heavy atom. The number of aryl methyl sites for hydroxylation is 1. The van der Waals surface area contributed by atoms with Gasteiger partial charge in [-0.15, -0.1) is 0 Å². The summed E-state index contributed by atoms with van der Waals surface area (Å²) >= 11 is 12.3. The van der Waals surface area contributed by atoms with Crippen molar-refractivity contribution in [3.05, 3.63) is 75.0 Å². The predicted octanol–water partition coefficient (Wildman–Crippen LogP) is 4.66. The average Bonchev–Trinajstić information content (AvgIpc) is 2.94. The first-order valence-electron chi connectivity index (χ1n) is 8.79. The zero-order valence-corrected chi connectivity index (χ0v) is 17.4. The van der Waals surface area contributed by atoms with E-state index in [9.17, 15) is 4.79 Å². The minimum absolute atomic E-state index is 0.0734. The normalized spacial score (nSPS) is 10.8. The van der Waals surface area contributed by atoms with Gasteiger partial charge in [0, 0.05) is 22.8 Å². The van der Waals surface area contributed by atoms with E-state index >= 15 is 0 Å². The van der Waals surface area contributed by atoms with Gasteiger partial charge in [-0.25, -0.2) is 4.68 Å². The molecule has 3 rings (SSSR count). The van der Waals surface area contributed by atoms with Crippen LogP contribution in [0, 0.1) is 13.8 Å².